The van der Waals surface area contributed by atoms with E-state index in [1.807, 2.05) is 25.1 Å². The maximum absolute atomic E-state index is 11.8. The van der Waals surface area contributed by atoms with Crippen molar-refractivity contribution in [2.24, 2.45) is 0 Å². The molecular weight excluding hydrogens is 294 g/mol. The molecule has 0 saturated heterocycles. The lowest BCUT2D eigenvalue weighted by atomic mass is 10.2. The highest BCUT2D eigenvalue weighted by atomic mass is 79.9. The summed E-state index contributed by atoms with van der Waals surface area (Å²) in [4.78, 5) is 18.7. The number of anilines is 1. The number of aromatic nitrogens is 2. The van der Waals surface area contributed by atoms with E-state index in [1.54, 1.807) is 12.5 Å². The van der Waals surface area contributed by atoms with E-state index in [0.29, 0.717) is 12.8 Å². The number of aromatic amines is 1. The van der Waals surface area contributed by atoms with Gasteiger partial charge in [-0.3, -0.25) is 4.79 Å². The summed E-state index contributed by atoms with van der Waals surface area (Å²) in [7, 11) is 0. The molecular formula is C13H14BrN3O. The standard InChI is InChI=1S/C13H14BrN3O/c1-9-6-10(14)2-4-12(9)17-13(18)5-3-11-7-15-8-16-11/h2,4,6-8H,3,5H2,1H3,(H,15,16)(H,17,18). The third-order valence-electron chi connectivity index (χ3n) is 2.64. The Balaban J connectivity index is 1.91. The van der Waals surface area contributed by atoms with Gasteiger partial charge in [0, 0.05) is 28.5 Å². The molecule has 1 amide bonds. The molecule has 4 nitrogen and oxygen atoms in total. The average molecular weight is 308 g/mol. The van der Waals surface area contributed by atoms with Crippen molar-refractivity contribution in [3.05, 3.63) is 46.5 Å². The molecule has 0 radical (unpaired) electrons. The SMILES string of the molecule is Cc1cc(Br)ccc1NC(=O)CCc1cnc[nH]1. The number of hydrogen-bond donors (Lipinski definition) is 2. The van der Waals surface area contributed by atoms with E-state index >= 15 is 0 Å². The predicted molar refractivity (Wildman–Crippen MR) is 74.4 cm³/mol. The maximum atomic E-state index is 11.8. The van der Waals surface area contributed by atoms with Crippen LogP contribution in [0, 0.1) is 6.92 Å². The number of amides is 1. The number of imidazole rings is 1. The number of nitrogens with one attached hydrogen (secondary N) is 2. The summed E-state index contributed by atoms with van der Waals surface area (Å²) < 4.78 is 1.01. The van der Waals surface area contributed by atoms with Gasteiger partial charge in [0.2, 0.25) is 5.91 Å². The normalized spacial score (nSPS) is 10.3. The number of H-pyrrole nitrogens is 1. The van der Waals surface area contributed by atoms with E-state index in [4.69, 9.17) is 0 Å². The van der Waals surface area contributed by atoms with Crippen LogP contribution in [0.2, 0.25) is 0 Å². The molecule has 5 heteroatoms. The fourth-order valence-corrected chi connectivity index (χ4v) is 2.13. The van der Waals surface area contributed by atoms with Gasteiger partial charge in [0.05, 0.1) is 6.33 Å². The van der Waals surface area contributed by atoms with Crippen LogP contribution in [0.5, 0.6) is 0 Å². The largest absolute Gasteiger partial charge is 0.348 e. The van der Waals surface area contributed by atoms with Crippen LogP contribution in [-0.2, 0) is 11.2 Å². The monoisotopic (exact) mass is 307 g/mol. The summed E-state index contributed by atoms with van der Waals surface area (Å²) in [6.45, 7) is 1.97. The second kappa shape index (κ2) is 5.82. The lowest BCUT2D eigenvalue weighted by Gasteiger charge is -2.08. The van der Waals surface area contributed by atoms with Crippen LogP contribution in [-0.4, -0.2) is 15.9 Å². The summed E-state index contributed by atoms with van der Waals surface area (Å²) in [5.41, 5.74) is 2.87. The number of aryl methyl sites for hydroxylation is 2. The van der Waals surface area contributed by atoms with Crippen LogP contribution >= 0.6 is 15.9 Å². The first-order chi connectivity index (χ1) is 8.65. The van der Waals surface area contributed by atoms with Crippen LogP contribution in [0.25, 0.3) is 0 Å². The van der Waals surface area contributed by atoms with Gasteiger partial charge >= 0.3 is 0 Å². The molecule has 1 heterocycles. The molecule has 0 saturated carbocycles. The van der Waals surface area contributed by atoms with Gasteiger partial charge in [-0.25, -0.2) is 4.98 Å². The number of nitrogens with zero attached hydrogens (tertiary/aromatic N) is 1. The average Bonchev–Trinajstić information content (AvgIpc) is 2.83. The van der Waals surface area contributed by atoms with Crippen LogP contribution in [0.15, 0.2) is 35.2 Å². The molecule has 0 fully saturated rings. The molecule has 0 spiro atoms. The zero-order chi connectivity index (χ0) is 13.0. The van der Waals surface area contributed by atoms with Crippen molar-refractivity contribution in [2.45, 2.75) is 19.8 Å². The van der Waals surface area contributed by atoms with Gasteiger partial charge in [0.15, 0.2) is 0 Å². The van der Waals surface area contributed by atoms with E-state index < -0.39 is 0 Å². The van der Waals surface area contributed by atoms with Crippen molar-refractivity contribution in [1.29, 1.82) is 0 Å². The molecule has 94 valence electrons. The Morgan fingerprint density at radius 3 is 3.00 bits per heavy atom. The summed E-state index contributed by atoms with van der Waals surface area (Å²) >= 11 is 3.40. The quantitative estimate of drug-likeness (QED) is 0.912. The Labute approximate surface area is 114 Å². The van der Waals surface area contributed by atoms with Gasteiger partial charge in [-0.15, -0.1) is 0 Å². The Morgan fingerprint density at radius 1 is 1.50 bits per heavy atom. The van der Waals surface area contributed by atoms with Crippen molar-refractivity contribution in [3.8, 4) is 0 Å². The fraction of sp³-hybridized carbons (Fsp3) is 0.231. The van der Waals surface area contributed by atoms with E-state index in [9.17, 15) is 4.79 Å². The van der Waals surface area contributed by atoms with E-state index in [2.05, 4.69) is 31.2 Å². The molecule has 0 aliphatic heterocycles. The minimum absolute atomic E-state index is 0.00928. The second-order valence-electron chi connectivity index (χ2n) is 4.08. The van der Waals surface area contributed by atoms with Gasteiger partial charge in [-0.05, 0) is 37.1 Å². The minimum atomic E-state index is 0.00928. The second-order valence-corrected chi connectivity index (χ2v) is 5.00. The zero-order valence-corrected chi connectivity index (χ0v) is 11.6. The van der Waals surface area contributed by atoms with E-state index in [0.717, 1.165) is 21.4 Å². The molecule has 0 unspecified atom stereocenters. The Bertz CT molecular complexity index is 537. The Morgan fingerprint density at radius 2 is 2.33 bits per heavy atom. The molecule has 0 aliphatic carbocycles. The molecule has 2 rings (SSSR count). The summed E-state index contributed by atoms with van der Waals surface area (Å²) in [5, 5.41) is 2.91. The highest BCUT2D eigenvalue weighted by Crippen LogP contribution is 2.20. The molecule has 2 aromatic rings. The molecule has 1 aromatic carbocycles. The van der Waals surface area contributed by atoms with Crippen molar-refractivity contribution in [2.75, 3.05) is 5.32 Å². The van der Waals surface area contributed by atoms with Crippen LogP contribution in [0.4, 0.5) is 5.69 Å². The summed E-state index contributed by atoms with van der Waals surface area (Å²) in [6, 6.07) is 5.79. The summed E-state index contributed by atoms with van der Waals surface area (Å²) in [5.74, 6) is 0.00928. The highest BCUT2D eigenvalue weighted by Gasteiger charge is 2.06. The molecule has 0 atom stereocenters. The van der Waals surface area contributed by atoms with Gasteiger partial charge in [0.25, 0.3) is 0 Å². The summed E-state index contributed by atoms with van der Waals surface area (Å²) in [6.07, 6.45) is 4.46. The topological polar surface area (TPSA) is 57.8 Å². The van der Waals surface area contributed by atoms with Crippen molar-refractivity contribution in [1.82, 2.24) is 9.97 Å². The number of benzene rings is 1. The zero-order valence-electron chi connectivity index (χ0n) is 10.0. The number of carbonyl (C=O) groups is 1. The predicted octanol–water partition coefficient (Wildman–Crippen LogP) is 3.05. The third kappa shape index (κ3) is 3.43. The number of halogens is 1. The van der Waals surface area contributed by atoms with Crippen molar-refractivity contribution < 1.29 is 4.79 Å². The van der Waals surface area contributed by atoms with Gasteiger partial charge in [-0.2, -0.15) is 0 Å². The molecule has 18 heavy (non-hydrogen) atoms. The first kappa shape index (κ1) is 12.8. The fourth-order valence-electron chi connectivity index (χ4n) is 1.65. The minimum Gasteiger partial charge on any atom is -0.348 e. The number of carbonyl (C=O) groups excluding carboxylic acids is 1. The Hall–Kier alpha value is -1.62. The van der Waals surface area contributed by atoms with Gasteiger partial charge in [-0.1, -0.05) is 15.9 Å². The van der Waals surface area contributed by atoms with Crippen molar-refractivity contribution >= 4 is 27.5 Å². The molecule has 2 N–H and O–H groups in total. The number of rotatable bonds is 4. The first-order valence-electron chi connectivity index (χ1n) is 5.68. The maximum Gasteiger partial charge on any atom is 0.224 e. The van der Waals surface area contributed by atoms with Crippen LogP contribution in [0.3, 0.4) is 0 Å². The van der Waals surface area contributed by atoms with Gasteiger partial charge < -0.3 is 10.3 Å². The lowest BCUT2D eigenvalue weighted by molar-refractivity contribution is -0.116. The first-order valence-corrected chi connectivity index (χ1v) is 6.47. The van der Waals surface area contributed by atoms with Crippen LogP contribution in [0.1, 0.15) is 17.7 Å². The third-order valence-corrected chi connectivity index (χ3v) is 3.13. The van der Waals surface area contributed by atoms with Crippen molar-refractivity contribution in [3.63, 3.8) is 0 Å². The highest BCUT2D eigenvalue weighted by molar-refractivity contribution is 9.10. The van der Waals surface area contributed by atoms with Gasteiger partial charge in [0.1, 0.15) is 0 Å². The molecule has 0 aliphatic rings. The molecule has 1 aromatic heterocycles. The Kier molecular flexibility index (Phi) is 4.15. The molecule has 0 bridgehead atoms. The van der Waals surface area contributed by atoms with E-state index in [-0.39, 0.29) is 5.91 Å². The smallest absolute Gasteiger partial charge is 0.224 e. The number of hydrogen-bond acceptors (Lipinski definition) is 2. The van der Waals surface area contributed by atoms with Crippen LogP contribution < -0.4 is 5.32 Å². The lowest BCUT2D eigenvalue weighted by Crippen LogP contribution is -2.13. The van der Waals surface area contributed by atoms with E-state index in [1.165, 1.54) is 0 Å².